The molecule has 0 amide bonds. The summed E-state index contributed by atoms with van der Waals surface area (Å²) in [6, 6.07) is 0. The van der Waals surface area contributed by atoms with E-state index in [1.54, 1.807) is 7.11 Å². The van der Waals surface area contributed by atoms with Gasteiger partial charge in [-0.15, -0.1) is 0 Å². The predicted octanol–water partition coefficient (Wildman–Crippen LogP) is 0.455. The van der Waals surface area contributed by atoms with Crippen molar-refractivity contribution < 1.29 is 9.84 Å². The molecule has 1 aromatic rings. The van der Waals surface area contributed by atoms with Gasteiger partial charge in [-0.25, -0.2) is 9.97 Å². The van der Waals surface area contributed by atoms with Crippen LogP contribution in [0.25, 0.3) is 0 Å². The second kappa shape index (κ2) is 7.13. The van der Waals surface area contributed by atoms with Crippen molar-refractivity contribution in [3.8, 4) is 0 Å². The number of ether oxygens (including phenoxy) is 1. The Morgan fingerprint density at radius 2 is 2.22 bits per heavy atom. The number of aliphatic hydroxyl groups excluding tert-OH is 1. The number of nitrogen functional groups attached to an aromatic ring is 1. The normalized spacial score (nSPS) is 12.4. The van der Waals surface area contributed by atoms with Crippen LogP contribution in [-0.2, 0) is 11.2 Å². The Balaban J connectivity index is 2.84. The van der Waals surface area contributed by atoms with E-state index in [-0.39, 0.29) is 0 Å². The molecule has 0 saturated carbocycles. The zero-order chi connectivity index (χ0) is 13.5. The van der Waals surface area contributed by atoms with Crippen LogP contribution in [0.15, 0.2) is 6.33 Å². The molecule has 0 saturated heterocycles. The molecule has 1 rings (SSSR count). The van der Waals surface area contributed by atoms with Crippen LogP contribution in [0.1, 0.15) is 18.9 Å². The molecule has 0 aliphatic carbocycles. The summed E-state index contributed by atoms with van der Waals surface area (Å²) in [5, 5.41) is 9.73. The van der Waals surface area contributed by atoms with Crippen molar-refractivity contribution in [2.75, 3.05) is 37.9 Å². The van der Waals surface area contributed by atoms with E-state index in [0.29, 0.717) is 19.0 Å². The summed E-state index contributed by atoms with van der Waals surface area (Å²) in [6.45, 7) is 2.82. The molecule has 1 unspecified atom stereocenters. The van der Waals surface area contributed by atoms with Crippen molar-refractivity contribution in [2.45, 2.75) is 25.9 Å². The SMILES string of the molecule is CCCc1c(N)ncnc1N(C)CC(O)COC. The standard InChI is InChI=1S/C12H22N4O2/c1-4-5-10-11(13)14-8-15-12(10)16(2)6-9(17)7-18-3/h8-9,17H,4-7H2,1-3H3,(H2,13,14,15). The number of nitrogens with zero attached hydrogens (tertiary/aromatic N) is 3. The largest absolute Gasteiger partial charge is 0.389 e. The van der Waals surface area contributed by atoms with E-state index < -0.39 is 6.10 Å². The number of likely N-dealkylation sites (N-methyl/N-ethyl adjacent to an activating group) is 1. The average Bonchev–Trinajstić information content (AvgIpc) is 2.32. The lowest BCUT2D eigenvalue weighted by Gasteiger charge is -2.23. The number of anilines is 2. The first-order valence-corrected chi connectivity index (χ1v) is 6.07. The Hall–Kier alpha value is -1.40. The summed E-state index contributed by atoms with van der Waals surface area (Å²) in [6.07, 6.45) is 2.69. The molecule has 1 aromatic heterocycles. The summed E-state index contributed by atoms with van der Waals surface area (Å²) >= 11 is 0. The molecule has 6 nitrogen and oxygen atoms in total. The van der Waals surface area contributed by atoms with Crippen LogP contribution in [-0.4, -0.2) is 48.5 Å². The summed E-state index contributed by atoms with van der Waals surface area (Å²) in [5.41, 5.74) is 6.81. The summed E-state index contributed by atoms with van der Waals surface area (Å²) in [4.78, 5) is 10.1. The molecule has 0 radical (unpaired) electrons. The lowest BCUT2D eigenvalue weighted by atomic mass is 10.1. The van der Waals surface area contributed by atoms with Gasteiger partial charge in [0.1, 0.15) is 18.0 Å². The van der Waals surface area contributed by atoms with Crippen molar-refractivity contribution in [1.29, 1.82) is 0 Å². The van der Waals surface area contributed by atoms with E-state index in [1.165, 1.54) is 6.33 Å². The number of hydrogen-bond acceptors (Lipinski definition) is 6. The predicted molar refractivity (Wildman–Crippen MR) is 71.6 cm³/mol. The molecule has 1 atom stereocenters. The maximum absolute atomic E-state index is 9.73. The zero-order valence-corrected chi connectivity index (χ0v) is 11.3. The monoisotopic (exact) mass is 254 g/mol. The Kier molecular flexibility index (Phi) is 5.80. The fraction of sp³-hybridized carbons (Fsp3) is 0.667. The van der Waals surface area contributed by atoms with Crippen LogP contribution < -0.4 is 10.6 Å². The summed E-state index contributed by atoms with van der Waals surface area (Å²) in [7, 11) is 3.44. The minimum absolute atomic E-state index is 0.300. The third kappa shape index (κ3) is 3.82. The van der Waals surface area contributed by atoms with Crippen LogP contribution in [0, 0.1) is 0 Å². The lowest BCUT2D eigenvalue weighted by Crippen LogP contribution is -2.33. The highest BCUT2D eigenvalue weighted by Gasteiger charge is 2.15. The second-order valence-corrected chi connectivity index (χ2v) is 4.30. The van der Waals surface area contributed by atoms with E-state index >= 15 is 0 Å². The lowest BCUT2D eigenvalue weighted by molar-refractivity contribution is 0.0694. The Morgan fingerprint density at radius 3 is 2.83 bits per heavy atom. The van der Waals surface area contributed by atoms with Gasteiger partial charge < -0.3 is 20.5 Å². The zero-order valence-electron chi connectivity index (χ0n) is 11.3. The number of rotatable bonds is 7. The molecule has 0 aliphatic heterocycles. The summed E-state index contributed by atoms with van der Waals surface area (Å²) < 4.78 is 4.91. The van der Waals surface area contributed by atoms with Gasteiger partial charge in [0.25, 0.3) is 0 Å². The smallest absolute Gasteiger partial charge is 0.137 e. The molecule has 18 heavy (non-hydrogen) atoms. The van der Waals surface area contributed by atoms with E-state index in [2.05, 4.69) is 16.9 Å². The van der Waals surface area contributed by atoms with Gasteiger partial charge in [0.2, 0.25) is 0 Å². The Labute approximate surface area is 108 Å². The molecule has 102 valence electrons. The molecule has 1 heterocycles. The van der Waals surface area contributed by atoms with Gasteiger partial charge in [0, 0.05) is 26.3 Å². The average molecular weight is 254 g/mol. The number of hydrogen-bond donors (Lipinski definition) is 2. The molecular formula is C12H22N4O2. The first kappa shape index (κ1) is 14.7. The van der Waals surface area contributed by atoms with Gasteiger partial charge in [0.05, 0.1) is 12.7 Å². The number of nitrogens with two attached hydrogens (primary N) is 1. The van der Waals surface area contributed by atoms with Crippen LogP contribution in [0.5, 0.6) is 0 Å². The van der Waals surface area contributed by atoms with E-state index in [0.717, 1.165) is 24.2 Å². The van der Waals surface area contributed by atoms with E-state index in [9.17, 15) is 5.11 Å². The molecule has 0 aromatic carbocycles. The van der Waals surface area contributed by atoms with Gasteiger partial charge in [-0.3, -0.25) is 0 Å². The van der Waals surface area contributed by atoms with Crippen molar-refractivity contribution >= 4 is 11.6 Å². The van der Waals surface area contributed by atoms with E-state index in [4.69, 9.17) is 10.5 Å². The van der Waals surface area contributed by atoms with Crippen LogP contribution in [0.4, 0.5) is 11.6 Å². The van der Waals surface area contributed by atoms with Crippen LogP contribution in [0.2, 0.25) is 0 Å². The minimum atomic E-state index is -0.550. The van der Waals surface area contributed by atoms with Crippen molar-refractivity contribution in [3.63, 3.8) is 0 Å². The second-order valence-electron chi connectivity index (χ2n) is 4.30. The molecule has 0 bridgehead atoms. The Bertz CT molecular complexity index is 373. The topological polar surface area (TPSA) is 84.5 Å². The fourth-order valence-electron chi connectivity index (χ4n) is 1.88. The minimum Gasteiger partial charge on any atom is -0.389 e. The quantitative estimate of drug-likeness (QED) is 0.735. The van der Waals surface area contributed by atoms with Gasteiger partial charge in [-0.05, 0) is 6.42 Å². The van der Waals surface area contributed by atoms with Gasteiger partial charge in [0.15, 0.2) is 0 Å². The molecule has 6 heteroatoms. The molecule has 0 fully saturated rings. The Morgan fingerprint density at radius 1 is 1.50 bits per heavy atom. The highest BCUT2D eigenvalue weighted by atomic mass is 16.5. The molecule has 3 N–H and O–H groups in total. The van der Waals surface area contributed by atoms with Gasteiger partial charge in [-0.1, -0.05) is 13.3 Å². The summed E-state index contributed by atoms with van der Waals surface area (Å²) in [5.74, 6) is 1.29. The number of methoxy groups -OCH3 is 1. The maximum atomic E-state index is 9.73. The van der Waals surface area contributed by atoms with Crippen molar-refractivity contribution in [2.24, 2.45) is 0 Å². The molecular weight excluding hydrogens is 232 g/mol. The molecule has 0 spiro atoms. The third-order valence-corrected chi connectivity index (χ3v) is 2.66. The third-order valence-electron chi connectivity index (χ3n) is 2.66. The van der Waals surface area contributed by atoms with Crippen LogP contribution >= 0.6 is 0 Å². The van der Waals surface area contributed by atoms with Crippen molar-refractivity contribution in [1.82, 2.24) is 9.97 Å². The number of aromatic nitrogens is 2. The fourth-order valence-corrected chi connectivity index (χ4v) is 1.88. The van der Waals surface area contributed by atoms with Gasteiger partial charge >= 0.3 is 0 Å². The number of aliphatic hydroxyl groups is 1. The maximum Gasteiger partial charge on any atom is 0.137 e. The first-order chi connectivity index (χ1) is 8.60. The van der Waals surface area contributed by atoms with Crippen LogP contribution in [0.3, 0.4) is 0 Å². The van der Waals surface area contributed by atoms with E-state index in [1.807, 2.05) is 11.9 Å². The highest BCUT2D eigenvalue weighted by molar-refractivity contribution is 5.56. The first-order valence-electron chi connectivity index (χ1n) is 6.07. The molecule has 0 aliphatic rings. The highest BCUT2D eigenvalue weighted by Crippen LogP contribution is 2.22. The van der Waals surface area contributed by atoms with Gasteiger partial charge in [-0.2, -0.15) is 0 Å². The van der Waals surface area contributed by atoms with Crippen molar-refractivity contribution in [3.05, 3.63) is 11.9 Å².